The van der Waals surface area contributed by atoms with Crippen molar-refractivity contribution in [3.8, 4) is 11.5 Å². The van der Waals surface area contributed by atoms with Crippen LogP contribution < -0.4 is 14.8 Å². The number of rotatable bonds is 4. The van der Waals surface area contributed by atoms with Gasteiger partial charge in [-0.15, -0.1) is 0 Å². The van der Waals surface area contributed by atoms with E-state index < -0.39 is 0 Å². The smallest absolute Gasteiger partial charge is 0.258 e. The van der Waals surface area contributed by atoms with Gasteiger partial charge < -0.3 is 19.7 Å². The first-order valence-corrected chi connectivity index (χ1v) is 12.2. The summed E-state index contributed by atoms with van der Waals surface area (Å²) in [6, 6.07) is 33.7. The highest BCUT2D eigenvalue weighted by Gasteiger charge is 2.29. The maximum atomic E-state index is 14.2. The summed E-state index contributed by atoms with van der Waals surface area (Å²) in [5, 5.41) is 3.56. The zero-order valence-electron chi connectivity index (χ0n) is 20.4. The number of hydrogen-bond donors (Lipinski definition) is 1. The first kappa shape index (κ1) is 23.5. The van der Waals surface area contributed by atoms with Gasteiger partial charge in [-0.25, -0.2) is 0 Å². The Balaban J connectivity index is 1.61. The molecule has 36 heavy (non-hydrogen) atoms. The van der Waals surface area contributed by atoms with Crippen molar-refractivity contribution in [1.82, 2.24) is 4.90 Å². The molecule has 4 aromatic rings. The molecule has 5 heteroatoms. The number of nitrogens with one attached hydrogen (secondary N) is 1. The number of para-hydroxylation sites is 3. The standard InChI is InChI=1S/C31H30N2O3/c1-35-30-18-10-7-15-27(30)31(34)33-21-25-14-5-8-16-28(25)32-20-24-13-6-9-17-29(24)36-22-26(33)19-23-11-3-2-4-12-23/h2-18,26,32H,19-22H2,1H3/t26-/m0/s1. The molecule has 5 nitrogen and oxygen atoms in total. The average molecular weight is 479 g/mol. The maximum Gasteiger partial charge on any atom is 0.258 e. The van der Waals surface area contributed by atoms with Crippen LogP contribution in [0, 0.1) is 0 Å². The van der Waals surface area contributed by atoms with E-state index in [1.165, 1.54) is 0 Å². The Kier molecular flexibility index (Phi) is 7.17. The van der Waals surface area contributed by atoms with Gasteiger partial charge in [0, 0.05) is 24.3 Å². The number of nitrogens with zero attached hydrogens (tertiary/aromatic N) is 1. The third-order valence-corrected chi connectivity index (χ3v) is 6.58. The summed E-state index contributed by atoms with van der Waals surface area (Å²) in [6.45, 7) is 1.45. The molecule has 0 aliphatic carbocycles. The van der Waals surface area contributed by atoms with Gasteiger partial charge in [0.1, 0.15) is 18.1 Å². The van der Waals surface area contributed by atoms with Gasteiger partial charge >= 0.3 is 0 Å². The maximum absolute atomic E-state index is 14.2. The molecule has 1 atom stereocenters. The Morgan fingerprint density at radius 3 is 2.42 bits per heavy atom. The highest BCUT2D eigenvalue weighted by molar-refractivity contribution is 5.97. The normalized spacial score (nSPS) is 15.4. The van der Waals surface area contributed by atoms with E-state index in [-0.39, 0.29) is 11.9 Å². The number of anilines is 1. The second-order valence-corrected chi connectivity index (χ2v) is 8.91. The fourth-order valence-corrected chi connectivity index (χ4v) is 4.67. The van der Waals surface area contributed by atoms with E-state index in [1.807, 2.05) is 77.7 Å². The Labute approximate surface area is 212 Å². The van der Waals surface area contributed by atoms with Crippen LogP contribution in [0.5, 0.6) is 11.5 Å². The van der Waals surface area contributed by atoms with Crippen LogP contribution in [0.25, 0.3) is 0 Å². The molecule has 1 amide bonds. The molecule has 1 N–H and O–H groups in total. The highest BCUT2D eigenvalue weighted by Crippen LogP contribution is 2.28. The fourth-order valence-electron chi connectivity index (χ4n) is 4.67. The van der Waals surface area contributed by atoms with Crippen LogP contribution in [0.15, 0.2) is 103 Å². The number of fused-ring (bicyclic) bond motifs is 2. The minimum absolute atomic E-state index is 0.0840. The van der Waals surface area contributed by atoms with Crippen molar-refractivity contribution < 1.29 is 14.3 Å². The number of carbonyl (C=O) groups excluding carboxylic acids is 1. The predicted molar refractivity (Wildman–Crippen MR) is 143 cm³/mol. The quantitative estimate of drug-likeness (QED) is 0.394. The van der Waals surface area contributed by atoms with Crippen LogP contribution in [0.4, 0.5) is 5.69 Å². The van der Waals surface area contributed by atoms with Gasteiger partial charge in [0.15, 0.2) is 0 Å². The summed E-state index contributed by atoms with van der Waals surface area (Å²) in [5.74, 6) is 1.31. The third kappa shape index (κ3) is 5.20. The Morgan fingerprint density at radius 1 is 0.889 bits per heavy atom. The van der Waals surface area contributed by atoms with Gasteiger partial charge in [-0.1, -0.05) is 78.9 Å². The summed E-state index contributed by atoms with van der Waals surface area (Å²) < 4.78 is 12.0. The molecule has 0 saturated heterocycles. The van der Waals surface area contributed by atoms with Crippen LogP contribution in [-0.4, -0.2) is 30.6 Å². The average Bonchev–Trinajstić information content (AvgIpc) is 2.96. The lowest BCUT2D eigenvalue weighted by Gasteiger charge is -2.33. The van der Waals surface area contributed by atoms with Crippen LogP contribution in [0.1, 0.15) is 27.0 Å². The number of benzene rings is 4. The molecule has 0 fully saturated rings. The van der Waals surface area contributed by atoms with E-state index in [2.05, 4.69) is 35.6 Å². The number of carbonyl (C=O) groups is 1. The van der Waals surface area contributed by atoms with Crippen molar-refractivity contribution in [3.05, 3.63) is 125 Å². The topological polar surface area (TPSA) is 50.8 Å². The van der Waals surface area contributed by atoms with Crippen molar-refractivity contribution in [2.75, 3.05) is 19.0 Å². The summed E-state index contributed by atoms with van der Waals surface area (Å²) in [6.07, 6.45) is 0.666. The molecule has 1 aliphatic rings. The van der Waals surface area contributed by atoms with E-state index in [4.69, 9.17) is 9.47 Å². The van der Waals surface area contributed by atoms with E-state index >= 15 is 0 Å². The van der Waals surface area contributed by atoms with E-state index in [0.29, 0.717) is 37.4 Å². The van der Waals surface area contributed by atoms with Gasteiger partial charge in [-0.2, -0.15) is 0 Å². The van der Waals surface area contributed by atoms with Gasteiger partial charge in [-0.3, -0.25) is 4.79 Å². The lowest BCUT2D eigenvalue weighted by molar-refractivity contribution is 0.0588. The second kappa shape index (κ2) is 11.0. The van der Waals surface area contributed by atoms with Crippen LogP contribution in [0.2, 0.25) is 0 Å². The molecule has 0 unspecified atom stereocenters. The Morgan fingerprint density at radius 2 is 1.58 bits per heavy atom. The summed E-state index contributed by atoms with van der Waals surface area (Å²) in [5.41, 5.74) is 4.83. The lowest BCUT2D eigenvalue weighted by atomic mass is 10.0. The molecular formula is C31H30N2O3. The van der Waals surface area contributed by atoms with Gasteiger partial charge in [0.25, 0.3) is 5.91 Å². The summed E-state index contributed by atoms with van der Waals surface area (Å²) in [4.78, 5) is 16.1. The molecule has 1 heterocycles. The molecular weight excluding hydrogens is 448 g/mol. The second-order valence-electron chi connectivity index (χ2n) is 8.91. The summed E-state index contributed by atoms with van der Waals surface area (Å²) >= 11 is 0. The number of ether oxygens (including phenoxy) is 2. The minimum atomic E-state index is -0.205. The molecule has 0 aromatic heterocycles. The van der Waals surface area contributed by atoms with Crippen LogP contribution in [-0.2, 0) is 19.5 Å². The summed E-state index contributed by atoms with van der Waals surface area (Å²) in [7, 11) is 1.60. The molecule has 0 spiro atoms. The molecule has 0 saturated carbocycles. The van der Waals surface area contributed by atoms with Crippen LogP contribution >= 0.6 is 0 Å². The molecule has 0 radical (unpaired) electrons. The molecule has 5 rings (SSSR count). The van der Waals surface area contributed by atoms with Crippen molar-refractivity contribution >= 4 is 11.6 Å². The van der Waals surface area contributed by atoms with Gasteiger partial charge in [0.2, 0.25) is 0 Å². The highest BCUT2D eigenvalue weighted by atomic mass is 16.5. The molecule has 182 valence electrons. The predicted octanol–water partition coefficient (Wildman–Crippen LogP) is 5.95. The number of amides is 1. The SMILES string of the molecule is COc1ccccc1C(=O)N1Cc2ccccc2NCc2ccccc2OC[C@@H]1Cc1ccccc1. The van der Waals surface area contributed by atoms with E-state index in [1.54, 1.807) is 7.11 Å². The Bertz CT molecular complexity index is 1320. The van der Waals surface area contributed by atoms with Crippen molar-refractivity contribution in [3.63, 3.8) is 0 Å². The monoisotopic (exact) mass is 478 g/mol. The largest absolute Gasteiger partial charge is 0.496 e. The van der Waals surface area contributed by atoms with Crippen molar-refractivity contribution in [1.29, 1.82) is 0 Å². The zero-order chi connectivity index (χ0) is 24.7. The molecule has 0 bridgehead atoms. The lowest BCUT2D eigenvalue weighted by Crippen LogP contribution is -2.44. The Hall–Kier alpha value is -4.25. The van der Waals surface area contributed by atoms with E-state index in [0.717, 1.165) is 28.1 Å². The first-order chi connectivity index (χ1) is 17.7. The fraction of sp³-hybridized carbons (Fsp3) is 0.194. The third-order valence-electron chi connectivity index (χ3n) is 6.58. The number of methoxy groups -OCH3 is 1. The van der Waals surface area contributed by atoms with Gasteiger partial charge in [-0.05, 0) is 41.8 Å². The molecule has 4 aromatic carbocycles. The zero-order valence-corrected chi connectivity index (χ0v) is 20.4. The van der Waals surface area contributed by atoms with E-state index in [9.17, 15) is 4.79 Å². The first-order valence-electron chi connectivity index (χ1n) is 12.2. The molecule has 1 aliphatic heterocycles. The minimum Gasteiger partial charge on any atom is -0.496 e. The van der Waals surface area contributed by atoms with Crippen molar-refractivity contribution in [2.45, 2.75) is 25.6 Å². The van der Waals surface area contributed by atoms with Crippen molar-refractivity contribution in [2.24, 2.45) is 0 Å². The van der Waals surface area contributed by atoms with Gasteiger partial charge in [0.05, 0.1) is 18.7 Å². The van der Waals surface area contributed by atoms with Crippen LogP contribution in [0.3, 0.4) is 0 Å². The number of hydrogen-bond acceptors (Lipinski definition) is 4.